The number of carbonyl (C=O) groups is 1. The maximum absolute atomic E-state index is 12.5. The van der Waals surface area contributed by atoms with Gasteiger partial charge in [-0.3, -0.25) is 4.79 Å². The first-order valence-electron chi connectivity index (χ1n) is 8.09. The summed E-state index contributed by atoms with van der Waals surface area (Å²) in [7, 11) is 0. The van der Waals surface area contributed by atoms with Gasteiger partial charge in [-0.05, 0) is 42.9 Å². The highest BCUT2D eigenvalue weighted by atomic mass is 35.5. The predicted octanol–water partition coefficient (Wildman–Crippen LogP) is 3.12. The van der Waals surface area contributed by atoms with Gasteiger partial charge in [0, 0.05) is 19.1 Å². The molecule has 1 atom stereocenters. The van der Waals surface area contributed by atoms with E-state index < -0.39 is 6.10 Å². The maximum atomic E-state index is 12.5. The van der Waals surface area contributed by atoms with Crippen molar-refractivity contribution in [2.75, 3.05) is 13.1 Å². The van der Waals surface area contributed by atoms with Crippen LogP contribution in [-0.4, -0.2) is 36.0 Å². The summed E-state index contributed by atoms with van der Waals surface area (Å²) in [6.45, 7) is 9.78. The second-order valence-electron chi connectivity index (χ2n) is 7.20. The number of nitrogens with zero attached hydrogens (tertiary/aromatic N) is 1. The van der Waals surface area contributed by atoms with Crippen molar-refractivity contribution in [3.05, 3.63) is 29.8 Å². The number of halogens is 1. The lowest BCUT2D eigenvalue weighted by atomic mass is 9.87. The number of carbonyl (C=O) groups excluding carboxylic acids is 1. The average molecular weight is 341 g/mol. The van der Waals surface area contributed by atoms with E-state index in [0.717, 1.165) is 31.7 Å². The van der Waals surface area contributed by atoms with E-state index in [9.17, 15) is 4.79 Å². The first kappa shape index (κ1) is 19.8. The van der Waals surface area contributed by atoms with Crippen LogP contribution < -0.4 is 10.5 Å². The predicted molar refractivity (Wildman–Crippen MR) is 96.3 cm³/mol. The Labute approximate surface area is 145 Å². The molecule has 1 fully saturated rings. The number of amides is 1. The van der Waals surface area contributed by atoms with Crippen molar-refractivity contribution in [2.45, 2.75) is 58.1 Å². The van der Waals surface area contributed by atoms with Crippen LogP contribution in [0.15, 0.2) is 24.3 Å². The summed E-state index contributed by atoms with van der Waals surface area (Å²) in [6.07, 6.45) is 1.28. The fraction of sp³-hybridized carbons (Fsp3) is 0.611. The Morgan fingerprint density at radius 2 is 1.91 bits per heavy atom. The highest BCUT2D eigenvalue weighted by Crippen LogP contribution is 2.26. The van der Waals surface area contributed by atoms with E-state index in [2.05, 4.69) is 26.8 Å². The van der Waals surface area contributed by atoms with Crippen LogP contribution in [0.2, 0.25) is 0 Å². The smallest absolute Gasteiger partial charge is 0.263 e. The molecule has 2 N–H and O–H groups in total. The Balaban J connectivity index is 0.00000264. The van der Waals surface area contributed by atoms with Gasteiger partial charge >= 0.3 is 0 Å². The van der Waals surface area contributed by atoms with Gasteiger partial charge in [-0.25, -0.2) is 0 Å². The molecule has 1 aliphatic heterocycles. The summed E-state index contributed by atoms with van der Waals surface area (Å²) in [6, 6.07) is 8.23. The lowest BCUT2D eigenvalue weighted by Gasteiger charge is -2.32. The molecule has 0 aromatic heterocycles. The van der Waals surface area contributed by atoms with Gasteiger partial charge < -0.3 is 15.4 Å². The van der Waals surface area contributed by atoms with Crippen molar-refractivity contribution in [3.8, 4) is 5.75 Å². The first-order valence-corrected chi connectivity index (χ1v) is 8.09. The van der Waals surface area contributed by atoms with Crippen LogP contribution in [0.3, 0.4) is 0 Å². The second kappa shape index (κ2) is 8.02. The highest BCUT2D eigenvalue weighted by molar-refractivity contribution is 5.85. The SMILES string of the molecule is CC(Oc1cccc(C(C)(C)C)c1)C(=O)N1CCC(N)CC1.Cl. The largest absolute Gasteiger partial charge is 0.481 e. The quantitative estimate of drug-likeness (QED) is 0.919. The van der Waals surface area contributed by atoms with E-state index in [1.807, 2.05) is 30.0 Å². The molecule has 5 heteroatoms. The van der Waals surface area contributed by atoms with Crippen LogP contribution in [0.25, 0.3) is 0 Å². The van der Waals surface area contributed by atoms with Crippen molar-refractivity contribution in [3.63, 3.8) is 0 Å². The van der Waals surface area contributed by atoms with Gasteiger partial charge in [-0.2, -0.15) is 0 Å². The molecule has 0 saturated carbocycles. The third-order valence-corrected chi connectivity index (χ3v) is 4.21. The zero-order valence-electron chi connectivity index (χ0n) is 14.5. The monoisotopic (exact) mass is 340 g/mol. The summed E-state index contributed by atoms with van der Waals surface area (Å²) < 4.78 is 5.87. The van der Waals surface area contributed by atoms with Gasteiger partial charge in [-0.1, -0.05) is 32.9 Å². The Hall–Kier alpha value is -1.26. The van der Waals surface area contributed by atoms with Gasteiger partial charge in [0.25, 0.3) is 5.91 Å². The van der Waals surface area contributed by atoms with Crippen molar-refractivity contribution in [1.29, 1.82) is 0 Å². The molecule has 0 bridgehead atoms. The number of nitrogens with two attached hydrogens (primary N) is 1. The number of hydrogen-bond donors (Lipinski definition) is 1. The molecule has 23 heavy (non-hydrogen) atoms. The Morgan fingerprint density at radius 1 is 1.30 bits per heavy atom. The summed E-state index contributed by atoms with van der Waals surface area (Å²) in [4.78, 5) is 14.3. The van der Waals surface area contributed by atoms with Gasteiger partial charge in [0.05, 0.1) is 0 Å². The molecule has 0 aliphatic carbocycles. The Morgan fingerprint density at radius 3 is 2.48 bits per heavy atom. The average Bonchev–Trinajstić information content (AvgIpc) is 2.46. The molecule has 1 aromatic carbocycles. The van der Waals surface area contributed by atoms with Crippen molar-refractivity contribution >= 4 is 18.3 Å². The molecule has 130 valence electrons. The molecule has 1 amide bonds. The molecule has 0 spiro atoms. The van der Waals surface area contributed by atoms with Gasteiger partial charge in [-0.15, -0.1) is 12.4 Å². The molecule has 1 aliphatic rings. The molecule has 1 saturated heterocycles. The van der Waals surface area contributed by atoms with Crippen molar-refractivity contribution in [2.24, 2.45) is 5.73 Å². The maximum Gasteiger partial charge on any atom is 0.263 e. The van der Waals surface area contributed by atoms with Crippen LogP contribution in [0.1, 0.15) is 46.1 Å². The molecular formula is C18H29ClN2O2. The fourth-order valence-electron chi connectivity index (χ4n) is 2.67. The van der Waals surface area contributed by atoms with Crippen molar-refractivity contribution < 1.29 is 9.53 Å². The number of rotatable bonds is 3. The molecule has 4 nitrogen and oxygen atoms in total. The normalized spacial score (nSPS) is 17.3. The first-order chi connectivity index (χ1) is 10.3. The molecule has 1 unspecified atom stereocenters. The number of piperidine rings is 1. The molecule has 2 rings (SSSR count). The van der Waals surface area contributed by atoms with E-state index in [4.69, 9.17) is 10.5 Å². The van der Waals surface area contributed by atoms with Gasteiger partial charge in [0.1, 0.15) is 5.75 Å². The number of hydrogen-bond acceptors (Lipinski definition) is 3. The minimum atomic E-state index is -0.468. The number of ether oxygens (including phenoxy) is 1. The number of likely N-dealkylation sites (tertiary alicyclic amines) is 1. The number of benzene rings is 1. The van der Waals surface area contributed by atoms with Crippen molar-refractivity contribution in [1.82, 2.24) is 4.90 Å². The van der Waals surface area contributed by atoms with E-state index in [1.165, 1.54) is 5.56 Å². The van der Waals surface area contributed by atoms with Crippen LogP contribution in [0.4, 0.5) is 0 Å². The minimum absolute atomic E-state index is 0. The third kappa shape index (κ3) is 5.40. The summed E-state index contributed by atoms with van der Waals surface area (Å²) in [5.41, 5.74) is 7.15. The van der Waals surface area contributed by atoms with Crippen LogP contribution >= 0.6 is 12.4 Å². The molecule has 1 heterocycles. The standard InChI is InChI=1S/C18H28N2O2.ClH/c1-13(17(21)20-10-8-15(19)9-11-20)22-16-7-5-6-14(12-16)18(2,3)4;/h5-7,12-13,15H,8-11,19H2,1-4H3;1H. The second-order valence-corrected chi connectivity index (χ2v) is 7.20. The van der Waals surface area contributed by atoms with Crippen LogP contribution in [0, 0.1) is 0 Å². The highest BCUT2D eigenvalue weighted by Gasteiger charge is 2.26. The van der Waals surface area contributed by atoms with E-state index >= 15 is 0 Å². The van der Waals surface area contributed by atoms with Gasteiger partial charge in [0.15, 0.2) is 6.10 Å². The fourth-order valence-corrected chi connectivity index (χ4v) is 2.67. The zero-order valence-corrected chi connectivity index (χ0v) is 15.4. The third-order valence-electron chi connectivity index (χ3n) is 4.21. The topological polar surface area (TPSA) is 55.6 Å². The van der Waals surface area contributed by atoms with E-state index in [0.29, 0.717) is 0 Å². The lowest BCUT2D eigenvalue weighted by molar-refractivity contribution is -0.139. The zero-order chi connectivity index (χ0) is 16.3. The molecular weight excluding hydrogens is 312 g/mol. The molecule has 0 radical (unpaired) electrons. The van der Waals surface area contributed by atoms with Gasteiger partial charge in [0.2, 0.25) is 0 Å². The molecule has 1 aromatic rings. The van der Waals surface area contributed by atoms with Crippen LogP contribution in [-0.2, 0) is 10.2 Å². The van der Waals surface area contributed by atoms with E-state index in [-0.39, 0.29) is 29.8 Å². The lowest BCUT2D eigenvalue weighted by Crippen LogP contribution is -2.47. The summed E-state index contributed by atoms with van der Waals surface area (Å²) >= 11 is 0. The van der Waals surface area contributed by atoms with E-state index in [1.54, 1.807) is 0 Å². The van der Waals surface area contributed by atoms with Crippen LogP contribution in [0.5, 0.6) is 5.75 Å². The summed E-state index contributed by atoms with van der Waals surface area (Å²) in [5, 5.41) is 0. The Bertz CT molecular complexity index is 520. The Kier molecular flexibility index (Phi) is 6.90. The minimum Gasteiger partial charge on any atom is -0.481 e. The summed E-state index contributed by atoms with van der Waals surface area (Å²) in [5.74, 6) is 0.801.